The molecule has 7 nitrogen and oxygen atoms in total. The van der Waals surface area contributed by atoms with Crippen molar-refractivity contribution < 1.29 is 23.8 Å². The molecule has 0 bridgehead atoms. The molecule has 3 N–H and O–H groups in total. The van der Waals surface area contributed by atoms with Gasteiger partial charge in [0.15, 0.2) is 0 Å². The second-order valence-electron chi connectivity index (χ2n) is 10.5. The van der Waals surface area contributed by atoms with Crippen molar-refractivity contribution in [1.29, 1.82) is 0 Å². The monoisotopic (exact) mass is 541 g/mol. The van der Waals surface area contributed by atoms with Crippen LogP contribution in [0.15, 0.2) is 41.3 Å². The molecule has 1 saturated heterocycles. The number of nitrogens with one attached hydrogen (secondary N) is 2. The first-order chi connectivity index (χ1) is 18.4. The number of likely N-dealkylation sites (tertiary alicyclic amines) is 1. The van der Waals surface area contributed by atoms with E-state index in [0.717, 1.165) is 48.4 Å². The maximum atomic E-state index is 14.1. The molecule has 2 aromatic carbocycles. The zero-order valence-corrected chi connectivity index (χ0v) is 22.6. The largest absolute Gasteiger partial charge is 0.488 e. The lowest BCUT2D eigenvalue weighted by atomic mass is 9.95. The maximum Gasteiger partial charge on any atom is 0.234 e. The number of fused-ring (bicyclic) bond motifs is 1. The van der Waals surface area contributed by atoms with Crippen LogP contribution in [-0.2, 0) is 9.59 Å². The third-order valence-electron chi connectivity index (χ3n) is 7.71. The highest BCUT2D eigenvalue weighted by Gasteiger charge is 2.37. The fourth-order valence-electron chi connectivity index (χ4n) is 5.60. The average Bonchev–Trinajstić information content (AvgIpc) is 3.47. The average molecular weight is 542 g/mol. The predicted molar refractivity (Wildman–Crippen MR) is 147 cm³/mol. The highest BCUT2D eigenvalue weighted by Crippen LogP contribution is 2.49. The number of anilines is 2. The van der Waals surface area contributed by atoms with Crippen LogP contribution >= 0.6 is 11.8 Å². The molecule has 2 atom stereocenters. The second kappa shape index (κ2) is 11.9. The molecule has 2 unspecified atom stereocenters. The zero-order chi connectivity index (χ0) is 26.6. The number of aliphatic hydroxyl groups excluding tert-OH is 1. The number of aliphatic hydroxyl groups is 1. The molecular formula is C29H36FN3O4S. The molecule has 1 aliphatic carbocycles. The van der Waals surface area contributed by atoms with Gasteiger partial charge in [0.05, 0.1) is 23.1 Å². The molecule has 0 radical (unpaired) electrons. The van der Waals surface area contributed by atoms with E-state index in [1.165, 1.54) is 12.1 Å². The van der Waals surface area contributed by atoms with E-state index in [1.54, 1.807) is 17.8 Å². The van der Waals surface area contributed by atoms with Crippen LogP contribution in [-0.4, -0.2) is 58.9 Å². The molecule has 1 saturated carbocycles. The minimum absolute atomic E-state index is 0.00249. The van der Waals surface area contributed by atoms with Crippen molar-refractivity contribution in [3.05, 3.63) is 47.8 Å². The lowest BCUT2D eigenvalue weighted by molar-refractivity contribution is -0.127. The second-order valence-corrected chi connectivity index (χ2v) is 11.7. The lowest BCUT2D eigenvalue weighted by Crippen LogP contribution is -2.36. The van der Waals surface area contributed by atoms with E-state index >= 15 is 0 Å². The topological polar surface area (TPSA) is 90.9 Å². The molecule has 9 heteroatoms. The molecule has 0 aromatic heterocycles. The Hall–Kier alpha value is -2.78. The van der Waals surface area contributed by atoms with Crippen molar-refractivity contribution in [1.82, 2.24) is 10.2 Å². The van der Waals surface area contributed by atoms with Crippen LogP contribution in [0.1, 0.15) is 63.4 Å². The first-order valence-corrected chi connectivity index (χ1v) is 14.5. The first kappa shape index (κ1) is 26.8. The van der Waals surface area contributed by atoms with Crippen molar-refractivity contribution in [3.63, 3.8) is 0 Å². The summed E-state index contributed by atoms with van der Waals surface area (Å²) in [5.74, 6) is 0.271. The molecule has 2 aromatic rings. The third-order valence-corrected chi connectivity index (χ3v) is 9.20. The molecule has 2 amide bonds. The number of hydrogen-bond donors (Lipinski definition) is 3. The van der Waals surface area contributed by atoms with Gasteiger partial charge in [0.1, 0.15) is 11.6 Å². The number of ether oxygens (including phenoxy) is 1. The maximum absolute atomic E-state index is 14.1. The van der Waals surface area contributed by atoms with E-state index in [1.807, 2.05) is 23.1 Å². The lowest BCUT2D eigenvalue weighted by Gasteiger charge is -2.27. The summed E-state index contributed by atoms with van der Waals surface area (Å²) in [6.07, 6.45) is 4.79. The smallest absolute Gasteiger partial charge is 0.234 e. The Morgan fingerprint density at radius 3 is 2.76 bits per heavy atom. The summed E-state index contributed by atoms with van der Waals surface area (Å²) in [6.45, 7) is 4.11. The number of thioether (sulfide) groups is 1. The Balaban J connectivity index is 1.23. The SMILES string of the molecule is CC1c2c(Nc3ccc(F)cc3OC3CCC(O)CC3)cccc2SC1C(=O)NCCCN1CCCC1=O. The minimum Gasteiger partial charge on any atom is -0.488 e. The van der Waals surface area contributed by atoms with E-state index in [4.69, 9.17) is 4.74 Å². The molecule has 2 heterocycles. The summed E-state index contributed by atoms with van der Waals surface area (Å²) < 4.78 is 20.3. The molecule has 2 fully saturated rings. The van der Waals surface area contributed by atoms with Gasteiger partial charge in [-0.05, 0) is 68.4 Å². The van der Waals surface area contributed by atoms with Gasteiger partial charge in [0.25, 0.3) is 0 Å². The summed E-state index contributed by atoms with van der Waals surface area (Å²) in [6, 6.07) is 10.5. The number of carbonyl (C=O) groups excluding carboxylic acids is 2. The fraction of sp³-hybridized carbons (Fsp3) is 0.517. The van der Waals surface area contributed by atoms with Crippen LogP contribution in [0.3, 0.4) is 0 Å². The molecule has 5 rings (SSSR count). The molecule has 3 aliphatic rings. The Kier molecular flexibility index (Phi) is 8.43. The summed E-state index contributed by atoms with van der Waals surface area (Å²) in [5.41, 5.74) is 2.62. The third kappa shape index (κ3) is 6.10. The van der Waals surface area contributed by atoms with E-state index in [9.17, 15) is 19.1 Å². The Morgan fingerprint density at radius 2 is 2.00 bits per heavy atom. The number of rotatable bonds is 9. The van der Waals surface area contributed by atoms with Gasteiger partial charge < -0.3 is 25.4 Å². The molecule has 0 spiro atoms. The molecule has 2 aliphatic heterocycles. The number of benzene rings is 2. The molecule has 38 heavy (non-hydrogen) atoms. The van der Waals surface area contributed by atoms with Crippen LogP contribution in [0, 0.1) is 5.82 Å². The van der Waals surface area contributed by atoms with Gasteiger partial charge in [-0.3, -0.25) is 9.59 Å². The van der Waals surface area contributed by atoms with Crippen molar-refractivity contribution in [2.24, 2.45) is 0 Å². The van der Waals surface area contributed by atoms with Crippen molar-refractivity contribution in [2.45, 2.75) is 80.1 Å². The standard InChI is InChI=1S/C29H36FN3O4S/c1-18-27-23(32-22-13-8-19(30)17-24(22)37-21-11-9-20(34)10-12-21)5-2-6-25(27)38-28(18)29(36)31-14-4-16-33-15-3-7-26(33)35/h2,5-6,8,13,17-18,20-21,28,32,34H,3-4,7,9-12,14-16H2,1H3,(H,31,36). The minimum atomic E-state index is -0.366. The molecule has 204 valence electrons. The van der Waals surface area contributed by atoms with E-state index in [0.29, 0.717) is 43.8 Å². The number of carbonyl (C=O) groups is 2. The predicted octanol–water partition coefficient (Wildman–Crippen LogP) is 4.96. The van der Waals surface area contributed by atoms with E-state index < -0.39 is 0 Å². The van der Waals surface area contributed by atoms with Crippen molar-refractivity contribution in [3.8, 4) is 5.75 Å². The van der Waals surface area contributed by atoms with Gasteiger partial charge in [0, 0.05) is 48.6 Å². The van der Waals surface area contributed by atoms with E-state index in [2.05, 4.69) is 17.6 Å². The van der Waals surface area contributed by atoms with Gasteiger partial charge in [0.2, 0.25) is 11.8 Å². The van der Waals surface area contributed by atoms with Gasteiger partial charge in [-0.1, -0.05) is 13.0 Å². The first-order valence-electron chi connectivity index (χ1n) is 13.7. The van der Waals surface area contributed by atoms with Crippen LogP contribution < -0.4 is 15.4 Å². The quantitative estimate of drug-likeness (QED) is 0.389. The Morgan fingerprint density at radius 1 is 1.18 bits per heavy atom. The van der Waals surface area contributed by atoms with Crippen molar-refractivity contribution >= 4 is 35.0 Å². The normalized spacial score (nSPS) is 24.8. The zero-order valence-electron chi connectivity index (χ0n) is 21.7. The number of hydrogen-bond acceptors (Lipinski definition) is 6. The van der Waals surface area contributed by atoms with Gasteiger partial charge in [-0.2, -0.15) is 0 Å². The summed E-state index contributed by atoms with van der Waals surface area (Å²) in [7, 11) is 0. The van der Waals surface area contributed by atoms with Crippen LogP contribution in [0.5, 0.6) is 5.75 Å². The van der Waals surface area contributed by atoms with E-state index in [-0.39, 0.29) is 41.0 Å². The Labute approximate surface area is 227 Å². The summed E-state index contributed by atoms with van der Waals surface area (Å²) in [5, 5.41) is 16.1. The highest BCUT2D eigenvalue weighted by molar-refractivity contribution is 8.01. The van der Waals surface area contributed by atoms with Gasteiger partial charge in [-0.15, -0.1) is 11.8 Å². The van der Waals surface area contributed by atoms with Gasteiger partial charge in [-0.25, -0.2) is 4.39 Å². The number of amides is 2. The summed E-state index contributed by atoms with van der Waals surface area (Å²) in [4.78, 5) is 27.8. The van der Waals surface area contributed by atoms with Gasteiger partial charge >= 0.3 is 0 Å². The van der Waals surface area contributed by atoms with Crippen LogP contribution in [0.25, 0.3) is 0 Å². The highest BCUT2D eigenvalue weighted by atomic mass is 32.2. The Bertz CT molecular complexity index is 1170. The number of nitrogens with zero attached hydrogens (tertiary/aromatic N) is 1. The number of halogens is 1. The fourth-order valence-corrected chi connectivity index (χ4v) is 6.99. The summed E-state index contributed by atoms with van der Waals surface area (Å²) >= 11 is 1.56. The van der Waals surface area contributed by atoms with Crippen LogP contribution in [0.2, 0.25) is 0 Å². The van der Waals surface area contributed by atoms with Crippen LogP contribution in [0.4, 0.5) is 15.8 Å². The van der Waals surface area contributed by atoms with Crippen molar-refractivity contribution in [2.75, 3.05) is 25.0 Å². The molecular weight excluding hydrogens is 505 g/mol.